The summed E-state index contributed by atoms with van der Waals surface area (Å²) in [5, 5.41) is 29.6. The summed E-state index contributed by atoms with van der Waals surface area (Å²) >= 11 is 0. The number of aliphatic hydroxyl groups is 1. The number of carboxylic acids is 1. The second-order valence-corrected chi connectivity index (χ2v) is 5.31. The molecule has 0 unspecified atom stereocenters. The van der Waals surface area contributed by atoms with Crippen molar-refractivity contribution in [3.05, 3.63) is 11.8 Å². The number of aliphatic hydroxyl groups excluding tert-OH is 1. The molecule has 0 aromatic rings. The number of nitriles is 1. The molecule has 0 aromatic heterocycles. The molecular formula is C15H23N3O4. The molecule has 0 atom stereocenters. The maximum atomic E-state index is 12.2. The molecule has 0 aliphatic carbocycles. The lowest BCUT2D eigenvalue weighted by Gasteiger charge is -2.29. The number of carbonyl (C=O) groups excluding carboxylic acids is 1. The predicted octanol–water partition coefficient (Wildman–Crippen LogP) is 0.469. The SMILES string of the molecule is N#C/C(=C/NCCCCCO)C(=O)N1CCC(C(=O)O)CC1. The Labute approximate surface area is 130 Å². The number of carbonyl (C=O) groups is 2. The van der Waals surface area contributed by atoms with Gasteiger partial charge < -0.3 is 20.4 Å². The van der Waals surface area contributed by atoms with Crippen molar-refractivity contribution in [3.8, 4) is 6.07 Å². The summed E-state index contributed by atoms with van der Waals surface area (Å²) in [5.74, 6) is -1.58. The number of nitrogens with zero attached hydrogens (tertiary/aromatic N) is 2. The topological polar surface area (TPSA) is 114 Å². The lowest BCUT2D eigenvalue weighted by Crippen LogP contribution is -2.41. The fourth-order valence-corrected chi connectivity index (χ4v) is 2.33. The molecule has 1 amide bonds. The van der Waals surface area contributed by atoms with E-state index in [0.29, 0.717) is 32.5 Å². The summed E-state index contributed by atoms with van der Waals surface area (Å²) in [7, 11) is 0. The van der Waals surface area contributed by atoms with Crippen molar-refractivity contribution in [1.29, 1.82) is 5.26 Å². The number of amides is 1. The average molecular weight is 309 g/mol. The van der Waals surface area contributed by atoms with Crippen LogP contribution in [0.25, 0.3) is 0 Å². The van der Waals surface area contributed by atoms with Crippen molar-refractivity contribution in [1.82, 2.24) is 10.2 Å². The molecular weight excluding hydrogens is 286 g/mol. The van der Waals surface area contributed by atoms with E-state index in [2.05, 4.69) is 5.32 Å². The Morgan fingerprint density at radius 3 is 2.50 bits per heavy atom. The van der Waals surface area contributed by atoms with E-state index in [0.717, 1.165) is 19.3 Å². The van der Waals surface area contributed by atoms with E-state index >= 15 is 0 Å². The minimum atomic E-state index is -0.826. The monoisotopic (exact) mass is 309 g/mol. The lowest BCUT2D eigenvalue weighted by atomic mass is 9.97. The highest BCUT2D eigenvalue weighted by Crippen LogP contribution is 2.18. The van der Waals surface area contributed by atoms with E-state index in [1.165, 1.54) is 11.1 Å². The Morgan fingerprint density at radius 1 is 1.27 bits per heavy atom. The van der Waals surface area contributed by atoms with E-state index in [1.54, 1.807) is 0 Å². The van der Waals surface area contributed by atoms with Crippen LogP contribution < -0.4 is 5.32 Å². The molecule has 22 heavy (non-hydrogen) atoms. The molecule has 1 rings (SSSR count). The van der Waals surface area contributed by atoms with Crippen LogP contribution in [0.15, 0.2) is 11.8 Å². The number of likely N-dealkylation sites (tertiary alicyclic amines) is 1. The minimum Gasteiger partial charge on any atom is -0.481 e. The molecule has 0 radical (unpaired) electrons. The van der Waals surface area contributed by atoms with Crippen molar-refractivity contribution in [2.45, 2.75) is 32.1 Å². The molecule has 1 aliphatic rings. The summed E-state index contributed by atoms with van der Waals surface area (Å²) in [6.07, 6.45) is 4.76. The Bertz CT molecular complexity index is 448. The number of rotatable bonds is 8. The van der Waals surface area contributed by atoms with Crippen LogP contribution in [0.4, 0.5) is 0 Å². The molecule has 1 saturated heterocycles. The van der Waals surface area contributed by atoms with Gasteiger partial charge in [-0.25, -0.2) is 0 Å². The highest BCUT2D eigenvalue weighted by molar-refractivity contribution is 5.97. The zero-order valence-corrected chi connectivity index (χ0v) is 12.6. The molecule has 7 nitrogen and oxygen atoms in total. The fraction of sp³-hybridized carbons (Fsp3) is 0.667. The molecule has 0 bridgehead atoms. The number of aliphatic carboxylic acids is 1. The molecule has 1 fully saturated rings. The van der Waals surface area contributed by atoms with E-state index in [1.807, 2.05) is 6.07 Å². The lowest BCUT2D eigenvalue weighted by molar-refractivity contribution is -0.145. The van der Waals surface area contributed by atoms with Crippen LogP contribution >= 0.6 is 0 Å². The first kappa shape index (κ1) is 18.0. The normalized spacial score (nSPS) is 16.2. The van der Waals surface area contributed by atoms with E-state index < -0.39 is 11.9 Å². The Balaban J connectivity index is 2.41. The highest BCUT2D eigenvalue weighted by Gasteiger charge is 2.28. The van der Waals surface area contributed by atoms with Gasteiger partial charge in [0.2, 0.25) is 0 Å². The second kappa shape index (κ2) is 9.79. The van der Waals surface area contributed by atoms with E-state index in [-0.39, 0.29) is 18.1 Å². The molecule has 1 heterocycles. The first-order chi connectivity index (χ1) is 10.6. The number of hydrogen-bond donors (Lipinski definition) is 3. The van der Waals surface area contributed by atoms with Crippen LogP contribution in [0.1, 0.15) is 32.1 Å². The number of nitrogens with one attached hydrogen (secondary N) is 1. The molecule has 0 saturated carbocycles. The maximum Gasteiger partial charge on any atom is 0.306 e. The van der Waals surface area contributed by atoms with Gasteiger partial charge in [-0.15, -0.1) is 0 Å². The van der Waals surface area contributed by atoms with Crippen LogP contribution in [0.2, 0.25) is 0 Å². The van der Waals surface area contributed by atoms with Crippen molar-refractivity contribution >= 4 is 11.9 Å². The van der Waals surface area contributed by atoms with Crippen molar-refractivity contribution < 1.29 is 19.8 Å². The second-order valence-electron chi connectivity index (χ2n) is 5.31. The minimum absolute atomic E-state index is 0.0379. The number of hydrogen-bond acceptors (Lipinski definition) is 5. The Hall–Kier alpha value is -2.07. The number of piperidine rings is 1. The first-order valence-corrected chi connectivity index (χ1v) is 7.56. The van der Waals surface area contributed by atoms with Crippen LogP contribution in [-0.2, 0) is 9.59 Å². The largest absolute Gasteiger partial charge is 0.481 e. The first-order valence-electron chi connectivity index (χ1n) is 7.56. The van der Waals surface area contributed by atoms with Gasteiger partial charge in [0.25, 0.3) is 5.91 Å². The Kier molecular flexibility index (Phi) is 8.00. The van der Waals surface area contributed by atoms with Crippen LogP contribution in [0.3, 0.4) is 0 Å². The van der Waals surface area contributed by atoms with Crippen molar-refractivity contribution in [3.63, 3.8) is 0 Å². The van der Waals surface area contributed by atoms with Gasteiger partial charge in [0.1, 0.15) is 11.6 Å². The summed E-state index contributed by atoms with van der Waals surface area (Å²) in [6, 6.07) is 1.89. The number of carboxylic acid groups (broad SMARTS) is 1. The standard InChI is InChI=1S/C15H23N3O4/c16-10-13(11-17-6-2-1-3-9-19)14(20)18-7-4-12(5-8-18)15(21)22/h11-12,17,19H,1-9H2,(H,21,22)/b13-11-. The fourth-order valence-electron chi connectivity index (χ4n) is 2.33. The van der Waals surface area contributed by atoms with E-state index in [9.17, 15) is 9.59 Å². The van der Waals surface area contributed by atoms with Gasteiger partial charge in [0.05, 0.1) is 5.92 Å². The summed E-state index contributed by atoms with van der Waals surface area (Å²) in [6.45, 7) is 1.54. The summed E-state index contributed by atoms with van der Waals surface area (Å²) in [4.78, 5) is 24.6. The van der Waals surface area contributed by atoms with Gasteiger partial charge in [-0.05, 0) is 32.1 Å². The van der Waals surface area contributed by atoms with Gasteiger partial charge in [0.15, 0.2) is 0 Å². The van der Waals surface area contributed by atoms with Gasteiger partial charge >= 0.3 is 5.97 Å². The van der Waals surface area contributed by atoms with Crippen molar-refractivity contribution in [2.75, 3.05) is 26.2 Å². The van der Waals surface area contributed by atoms with E-state index in [4.69, 9.17) is 15.5 Å². The third-order valence-corrected chi connectivity index (χ3v) is 3.71. The quantitative estimate of drug-likeness (QED) is 0.341. The number of unbranched alkanes of at least 4 members (excludes halogenated alkanes) is 2. The third kappa shape index (κ3) is 5.74. The molecule has 0 aromatic carbocycles. The van der Waals surface area contributed by atoms with Crippen molar-refractivity contribution in [2.24, 2.45) is 5.92 Å². The molecule has 122 valence electrons. The predicted molar refractivity (Wildman–Crippen MR) is 79.6 cm³/mol. The van der Waals surface area contributed by atoms with Crippen LogP contribution in [0.5, 0.6) is 0 Å². The zero-order chi connectivity index (χ0) is 16.4. The Morgan fingerprint density at radius 2 is 1.95 bits per heavy atom. The third-order valence-electron chi connectivity index (χ3n) is 3.71. The molecule has 3 N–H and O–H groups in total. The van der Waals surface area contributed by atoms with Gasteiger partial charge in [-0.3, -0.25) is 9.59 Å². The van der Waals surface area contributed by atoms with Gasteiger partial charge in [-0.1, -0.05) is 0 Å². The van der Waals surface area contributed by atoms with Gasteiger partial charge in [0, 0.05) is 32.4 Å². The highest BCUT2D eigenvalue weighted by atomic mass is 16.4. The molecule has 0 spiro atoms. The molecule has 7 heteroatoms. The summed E-state index contributed by atoms with van der Waals surface area (Å²) < 4.78 is 0. The van der Waals surface area contributed by atoms with Gasteiger partial charge in [-0.2, -0.15) is 5.26 Å². The zero-order valence-electron chi connectivity index (χ0n) is 12.6. The summed E-state index contributed by atoms with van der Waals surface area (Å²) in [5.41, 5.74) is 0.0379. The molecule has 1 aliphatic heterocycles. The van der Waals surface area contributed by atoms with Crippen LogP contribution in [0, 0.1) is 17.2 Å². The smallest absolute Gasteiger partial charge is 0.306 e. The average Bonchev–Trinajstić information content (AvgIpc) is 2.54. The maximum absolute atomic E-state index is 12.2. The van der Waals surface area contributed by atoms with Crippen LogP contribution in [-0.4, -0.2) is 53.2 Å².